The Balaban J connectivity index is 1.97. The van der Waals surface area contributed by atoms with E-state index in [0.717, 1.165) is 0 Å². The molecule has 0 radical (unpaired) electrons. The molecule has 26 heavy (non-hydrogen) atoms. The molecule has 2 aromatic rings. The molecule has 0 heterocycles. The number of rotatable bonds is 6. The highest BCUT2D eigenvalue weighted by Gasteiger charge is 2.16. The SMILES string of the molecule is COc1ccccc1OCC(=O)Nc1cccc(C(=O)NC(C)(C)C)c1. The van der Waals surface area contributed by atoms with Crippen LogP contribution in [0.5, 0.6) is 11.5 Å². The largest absolute Gasteiger partial charge is 0.493 e. The average Bonchev–Trinajstić information content (AvgIpc) is 2.59. The van der Waals surface area contributed by atoms with E-state index in [1.807, 2.05) is 26.8 Å². The Bertz CT molecular complexity index is 781. The summed E-state index contributed by atoms with van der Waals surface area (Å²) in [4.78, 5) is 24.3. The van der Waals surface area contributed by atoms with Crippen molar-refractivity contribution in [1.82, 2.24) is 5.32 Å². The first-order valence-electron chi connectivity index (χ1n) is 8.27. The van der Waals surface area contributed by atoms with Gasteiger partial charge in [0.05, 0.1) is 7.11 Å². The molecule has 0 aromatic heterocycles. The molecule has 2 amide bonds. The lowest BCUT2D eigenvalue weighted by molar-refractivity contribution is -0.118. The molecule has 2 N–H and O–H groups in total. The van der Waals surface area contributed by atoms with Crippen molar-refractivity contribution in [3.8, 4) is 11.5 Å². The Hall–Kier alpha value is -3.02. The minimum Gasteiger partial charge on any atom is -0.493 e. The standard InChI is InChI=1S/C20H24N2O4/c1-20(2,3)22-19(24)14-8-7-9-15(12-14)21-18(23)13-26-17-11-6-5-10-16(17)25-4/h5-12H,13H2,1-4H3,(H,21,23)(H,22,24). The molecule has 0 spiro atoms. The number of benzene rings is 2. The second kappa shape index (κ2) is 8.38. The Morgan fingerprint density at radius 2 is 1.69 bits per heavy atom. The molecule has 0 saturated heterocycles. The third-order valence-corrected chi connectivity index (χ3v) is 3.32. The second-order valence-electron chi connectivity index (χ2n) is 6.77. The topological polar surface area (TPSA) is 76.7 Å². The first-order chi connectivity index (χ1) is 12.3. The number of methoxy groups -OCH3 is 1. The molecule has 0 fully saturated rings. The lowest BCUT2D eigenvalue weighted by Gasteiger charge is -2.20. The fourth-order valence-corrected chi connectivity index (χ4v) is 2.23. The Kier molecular flexibility index (Phi) is 6.22. The Morgan fingerprint density at radius 1 is 1.00 bits per heavy atom. The zero-order valence-electron chi connectivity index (χ0n) is 15.5. The van der Waals surface area contributed by atoms with Crippen molar-refractivity contribution in [1.29, 1.82) is 0 Å². The van der Waals surface area contributed by atoms with Crippen molar-refractivity contribution in [2.75, 3.05) is 19.0 Å². The summed E-state index contributed by atoms with van der Waals surface area (Å²) in [5.41, 5.74) is 0.669. The first-order valence-corrected chi connectivity index (χ1v) is 8.27. The fourth-order valence-electron chi connectivity index (χ4n) is 2.23. The molecule has 6 nitrogen and oxygen atoms in total. The van der Waals surface area contributed by atoms with Crippen LogP contribution in [0.1, 0.15) is 31.1 Å². The first kappa shape index (κ1) is 19.3. The molecule has 138 valence electrons. The highest BCUT2D eigenvalue weighted by molar-refractivity contribution is 5.97. The fraction of sp³-hybridized carbons (Fsp3) is 0.300. The van der Waals surface area contributed by atoms with E-state index in [1.54, 1.807) is 42.5 Å². The van der Waals surface area contributed by atoms with Crippen molar-refractivity contribution < 1.29 is 19.1 Å². The van der Waals surface area contributed by atoms with Gasteiger partial charge in [0.15, 0.2) is 18.1 Å². The van der Waals surface area contributed by atoms with Crippen LogP contribution in [-0.2, 0) is 4.79 Å². The maximum Gasteiger partial charge on any atom is 0.262 e. The predicted octanol–water partition coefficient (Wildman–Crippen LogP) is 3.24. The van der Waals surface area contributed by atoms with Crippen molar-refractivity contribution in [2.45, 2.75) is 26.3 Å². The van der Waals surface area contributed by atoms with E-state index in [0.29, 0.717) is 22.7 Å². The molecule has 0 aliphatic carbocycles. The summed E-state index contributed by atoms with van der Waals surface area (Å²) in [6.07, 6.45) is 0. The number of anilines is 1. The lowest BCUT2D eigenvalue weighted by atomic mass is 10.1. The maximum atomic E-state index is 12.2. The van der Waals surface area contributed by atoms with E-state index in [4.69, 9.17) is 9.47 Å². The highest BCUT2D eigenvalue weighted by Crippen LogP contribution is 2.25. The lowest BCUT2D eigenvalue weighted by Crippen LogP contribution is -2.40. The van der Waals surface area contributed by atoms with Crippen molar-refractivity contribution in [3.63, 3.8) is 0 Å². The van der Waals surface area contributed by atoms with Gasteiger partial charge in [-0.15, -0.1) is 0 Å². The van der Waals surface area contributed by atoms with Gasteiger partial charge in [-0.3, -0.25) is 9.59 Å². The zero-order valence-corrected chi connectivity index (χ0v) is 15.5. The van der Waals surface area contributed by atoms with Gasteiger partial charge in [0.2, 0.25) is 0 Å². The van der Waals surface area contributed by atoms with E-state index >= 15 is 0 Å². The van der Waals surface area contributed by atoms with E-state index in [9.17, 15) is 9.59 Å². The number of hydrogen-bond donors (Lipinski definition) is 2. The van der Waals surface area contributed by atoms with Crippen LogP contribution < -0.4 is 20.1 Å². The van der Waals surface area contributed by atoms with Crippen LogP contribution in [0, 0.1) is 0 Å². The van der Waals surface area contributed by atoms with Gasteiger partial charge in [-0.1, -0.05) is 18.2 Å². The number of carbonyl (C=O) groups excluding carboxylic acids is 2. The number of hydrogen-bond acceptors (Lipinski definition) is 4. The monoisotopic (exact) mass is 356 g/mol. The molecule has 0 aliphatic rings. The summed E-state index contributed by atoms with van der Waals surface area (Å²) < 4.78 is 10.7. The van der Waals surface area contributed by atoms with Crippen molar-refractivity contribution >= 4 is 17.5 Å². The summed E-state index contributed by atoms with van der Waals surface area (Å²) >= 11 is 0. The molecular weight excluding hydrogens is 332 g/mol. The summed E-state index contributed by atoms with van der Waals surface area (Å²) in [7, 11) is 1.54. The van der Waals surface area contributed by atoms with Crippen LogP contribution in [0.4, 0.5) is 5.69 Å². The van der Waals surface area contributed by atoms with Crippen LogP contribution in [0.2, 0.25) is 0 Å². The smallest absolute Gasteiger partial charge is 0.262 e. The van der Waals surface area contributed by atoms with Crippen LogP contribution in [0.3, 0.4) is 0 Å². The maximum absolute atomic E-state index is 12.2. The molecule has 0 saturated carbocycles. The van der Waals surface area contributed by atoms with Gasteiger partial charge in [0.1, 0.15) is 0 Å². The van der Waals surface area contributed by atoms with Crippen LogP contribution in [0.25, 0.3) is 0 Å². The third-order valence-electron chi connectivity index (χ3n) is 3.32. The van der Waals surface area contributed by atoms with Crippen LogP contribution in [0.15, 0.2) is 48.5 Å². The van der Waals surface area contributed by atoms with Crippen molar-refractivity contribution in [2.24, 2.45) is 0 Å². The quantitative estimate of drug-likeness (QED) is 0.833. The van der Waals surface area contributed by atoms with Gasteiger partial charge < -0.3 is 20.1 Å². The molecule has 0 unspecified atom stereocenters. The number of ether oxygens (including phenoxy) is 2. The minimum atomic E-state index is -0.334. The average molecular weight is 356 g/mol. The summed E-state index contributed by atoms with van der Waals surface area (Å²) in [5.74, 6) is 0.521. The van der Waals surface area contributed by atoms with E-state index in [2.05, 4.69) is 10.6 Å². The third kappa shape index (κ3) is 5.81. The minimum absolute atomic E-state index is 0.168. The molecule has 2 aromatic carbocycles. The molecule has 0 aliphatic heterocycles. The van der Waals surface area contributed by atoms with E-state index < -0.39 is 0 Å². The molecule has 2 rings (SSSR count). The molecule has 0 bridgehead atoms. The van der Waals surface area contributed by atoms with Gasteiger partial charge in [-0.25, -0.2) is 0 Å². The summed E-state index contributed by atoms with van der Waals surface area (Å²) in [5, 5.41) is 5.61. The highest BCUT2D eigenvalue weighted by atomic mass is 16.5. The molecule has 6 heteroatoms. The Labute approximate surface area is 153 Å². The number of amides is 2. The van der Waals surface area contributed by atoms with E-state index in [1.165, 1.54) is 7.11 Å². The van der Waals surface area contributed by atoms with Crippen molar-refractivity contribution in [3.05, 3.63) is 54.1 Å². The van der Waals surface area contributed by atoms with Gasteiger partial charge in [-0.2, -0.15) is 0 Å². The number of carbonyl (C=O) groups is 2. The summed E-state index contributed by atoms with van der Waals surface area (Å²) in [6.45, 7) is 5.56. The summed E-state index contributed by atoms with van der Waals surface area (Å²) in [6, 6.07) is 13.9. The van der Waals surface area contributed by atoms with Crippen LogP contribution in [-0.4, -0.2) is 31.1 Å². The molecule has 0 atom stereocenters. The Morgan fingerprint density at radius 3 is 2.35 bits per heavy atom. The van der Waals surface area contributed by atoms with Gasteiger partial charge in [0, 0.05) is 16.8 Å². The molecular formula is C20H24N2O4. The number of nitrogens with one attached hydrogen (secondary N) is 2. The van der Waals surface area contributed by atoms with Gasteiger partial charge in [-0.05, 0) is 51.1 Å². The zero-order chi connectivity index (χ0) is 19.2. The number of para-hydroxylation sites is 2. The normalized spacial score (nSPS) is 10.8. The van der Waals surface area contributed by atoms with Gasteiger partial charge >= 0.3 is 0 Å². The van der Waals surface area contributed by atoms with Gasteiger partial charge in [0.25, 0.3) is 11.8 Å². The van der Waals surface area contributed by atoms with Crippen LogP contribution >= 0.6 is 0 Å². The van der Waals surface area contributed by atoms with E-state index in [-0.39, 0.29) is 24.0 Å². The predicted molar refractivity (Wildman–Crippen MR) is 101 cm³/mol. The second-order valence-corrected chi connectivity index (χ2v) is 6.77.